The zero-order chi connectivity index (χ0) is 23.6. The summed E-state index contributed by atoms with van der Waals surface area (Å²) in [4.78, 5) is 45.5. The molecule has 1 aliphatic rings. The lowest BCUT2D eigenvalue weighted by Crippen LogP contribution is -2.33. The van der Waals surface area contributed by atoms with Crippen LogP contribution in [0, 0.1) is 23.0 Å². The zero-order valence-corrected chi connectivity index (χ0v) is 19.2. The number of nitro benzene ring substituents is 1. The fraction of sp³-hybridized carbons (Fsp3) is 0.364. The Morgan fingerprint density at radius 3 is 2.59 bits per heavy atom. The monoisotopic (exact) mass is 457 g/mol. The number of ether oxygens (including phenoxy) is 2. The van der Waals surface area contributed by atoms with Crippen LogP contribution >= 0.6 is 11.3 Å². The van der Waals surface area contributed by atoms with Crippen LogP contribution in [0.1, 0.15) is 52.6 Å². The number of carbonyl (C=O) groups excluding carboxylic acids is 2. The Hall–Kier alpha value is -3.40. The van der Waals surface area contributed by atoms with Gasteiger partial charge in [0.1, 0.15) is 15.8 Å². The summed E-state index contributed by atoms with van der Waals surface area (Å²) in [5.74, 6) is -2.40. The van der Waals surface area contributed by atoms with Gasteiger partial charge in [-0.15, -0.1) is 11.3 Å². The van der Waals surface area contributed by atoms with Crippen molar-refractivity contribution >= 4 is 40.2 Å². The molecule has 3 rings (SSSR count). The number of aromatic nitrogens is 1. The topological polar surface area (TPSA) is 121 Å². The van der Waals surface area contributed by atoms with Crippen molar-refractivity contribution in [2.75, 3.05) is 13.7 Å². The molecule has 0 saturated heterocycles. The maximum Gasteiger partial charge on any atom is 0.350 e. The fourth-order valence-electron chi connectivity index (χ4n) is 3.84. The molecule has 0 bridgehead atoms. The number of nitro groups is 1. The third kappa shape index (κ3) is 4.31. The summed E-state index contributed by atoms with van der Waals surface area (Å²) in [6, 6.07) is 6.14. The molecule has 1 aliphatic heterocycles. The first-order valence-corrected chi connectivity index (χ1v) is 10.7. The van der Waals surface area contributed by atoms with E-state index in [1.54, 1.807) is 39.8 Å². The number of aryl methyl sites for hydroxylation is 1. The van der Waals surface area contributed by atoms with Gasteiger partial charge in [0.15, 0.2) is 0 Å². The maximum atomic E-state index is 12.8. The Balaban J connectivity index is 2.24. The van der Waals surface area contributed by atoms with Crippen LogP contribution in [0.5, 0.6) is 0 Å². The van der Waals surface area contributed by atoms with E-state index < -0.39 is 28.7 Å². The number of nitrogens with zero attached hydrogens (tertiary/aromatic N) is 3. The van der Waals surface area contributed by atoms with Gasteiger partial charge in [0.05, 0.1) is 24.3 Å². The van der Waals surface area contributed by atoms with Crippen molar-refractivity contribution in [1.29, 1.82) is 0 Å². The highest BCUT2D eigenvalue weighted by atomic mass is 32.1. The van der Waals surface area contributed by atoms with Crippen molar-refractivity contribution in [3.05, 3.63) is 61.2 Å². The van der Waals surface area contributed by atoms with E-state index in [-0.39, 0.29) is 12.3 Å². The molecule has 168 valence electrons. The summed E-state index contributed by atoms with van der Waals surface area (Å²) in [5.41, 5.74) is 2.74. The standard InChI is InChI=1S/C22H23N3O6S/c1-6-31-22(27)19-13(4)24-20(32-19)16-11(2)23-12(3)17(21(26)30-5)18(16)14-8-7-9-15(10-14)25(28)29/h7-10,17-18H,6H2,1-5H3. The average molecular weight is 458 g/mol. The Labute approximate surface area is 188 Å². The van der Waals surface area contributed by atoms with Gasteiger partial charge in [-0.2, -0.15) is 0 Å². The lowest BCUT2D eigenvalue weighted by atomic mass is 9.75. The third-order valence-electron chi connectivity index (χ3n) is 5.21. The molecule has 32 heavy (non-hydrogen) atoms. The molecule has 0 saturated carbocycles. The van der Waals surface area contributed by atoms with Crippen molar-refractivity contribution in [1.82, 2.24) is 4.98 Å². The quantitative estimate of drug-likeness (QED) is 0.360. The van der Waals surface area contributed by atoms with Gasteiger partial charge in [-0.3, -0.25) is 19.9 Å². The van der Waals surface area contributed by atoms with Crippen LogP contribution in [0.2, 0.25) is 0 Å². The normalized spacial score (nSPS) is 18.2. The van der Waals surface area contributed by atoms with Gasteiger partial charge >= 0.3 is 11.9 Å². The highest BCUT2D eigenvalue weighted by Gasteiger charge is 2.41. The molecular formula is C22H23N3O6S. The number of hydrogen-bond donors (Lipinski definition) is 0. The number of esters is 2. The van der Waals surface area contributed by atoms with Crippen LogP contribution in [0.15, 0.2) is 35.0 Å². The number of benzene rings is 1. The number of thiazole rings is 1. The Morgan fingerprint density at radius 1 is 1.25 bits per heavy atom. The van der Waals surface area contributed by atoms with Gasteiger partial charge in [-0.25, -0.2) is 9.78 Å². The molecule has 1 aromatic heterocycles. The first-order valence-electron chi connectivity index (χ1n) is 9.92. The van der Waals surface area contributed by atoms with E-state index in [2.05, 4.69) is 9.98 Å². The predicted molar refractivity (Wildman–Crippen MR) is 120 cm³/mol. The summed E-state index contributed by atoms with van der Waals surface area (Å²) in [6.07, 6.45) is 0. The van der Waals surface area contributed by atoms with Crippen molar-refractivity contribution in [3.8, 4) is 0 Å². The number of hydrogen-bond acceptors (Lipinski definition) is 9. The highest BCUT2D eigenvalue weighted by molar-refractivity contribution is 7.14. The first-order chi connectivity index (χ1) is 15.2. The summed E-state index contributed by atoms with van der Waals surface area (Å²) in [7, 11) is 1.29. The number of methoxy groups -OCH3 is 1. The molecule has 2 aromatic rings. The van der Waals surface area contributed by atoms with Crippen LogP contribution in [0.4, 0.5) is 5.69 Å². The van der Waals surface area contributed by atoms with Crippen LogP contribution in [-0.2, 0) is 14.3 Å². The van der Waals surface area contributed by atoms with E-state index in [9.17, 15) is 19.7 Å². The summed E-state index contributed by atoms with van der Waals surface area (Å²) >= 11 is 1.15. The molecule has 0 fully saturated rings. The van der Waals surface area contributed by atoms with E-state index >= 15 is 0 Å². The number of non-ortho nitro benzene ring substituents is 1. The van der Waals surface area contributed by atoms with Crippen molar-refractivity contribution in [2.45, 2.75) is 33.6 Å². The number of rotatable bonds is 6. The summed E-state index contributed by atoms with van der Waals surface area (Å²) in [5, 5.41) is 11.9. The van der Waals surface area contributed by atoms with Crippen LogP contribution < -0.4 is 0 Å². The predicted octanol–water partition coefficient (Wildman–Crippen LogP) is 4.31. The molecule has 2 atom stereocenters. The zero-order valence-electron chi connectivity index (χ0n) is 18.4. The van der Waals surface area contributed by atoms with Gasteiger partial charge in [-0.1, -0.05) is 12.1 Å². The van der Waals surface area contributed by atoms with E-state index in [1.165, 1.54) is 19.2 Å². The van der Waals surface area contributed by atoms with Gasteiger partial charge in [0.25, 0.3) is 5.69 Å². The molecule has 10 heteroatoms. The molecular weight excluding hydrogens is 434 g/mol. The Bertz CT molecular complexity index is 1150. The SMILES string of the molecule is CCOC(=O)c1sc(C2=C(C)N=C(C)C(C(=O)OC)C2c2cccc([N+](=O)[O-])c2)nc1C. The molecule has 2 unspecified atom stereocenters. The van der Waals surface area contributed by atoms with Crippen LogP contribution in [0.3, 0.4) is 0 Å². The average Bonchev–Trinajstić information content (AvgIpc) is 3.14. The largest absolute Gasteiger partial charge is 0.468 e. The van der Waals surface area contributed by atoms with E-state index in [1.807, 2.05) is 0 Å². The number of allylic oxidation sites excluding steroid dienone is 2. The van der Waals surface area contributed by atoms with Crippen molar-refractivity contribution < 1.29 is 24.0 Å². The van der Waals surface area contributed by atoms with Crippen LogP contribution in [0.25, 0.3) is 5.57 Å². The summed E-state index contributed by atoms with van der Waals surface area (Å²) < 4.78 is 10.2. The van der Waals surface area contributed by atoms with E-state index in [0.717, 1.165) is 11.3 Å². The lowest BCUT2D eigenvalue weighted by Gasteiger charge is -2.31. The molecule has 0 amide bonds. The van der Waals surface area contributed by atoms with Crippen molar-refractivity contribution in [2.24, 2.45) is 10.9 Å². The molecule has 0 spiro atoms. The minimum atomic E-state index is -0.795. The second-order valence-electron chi connectivity index (χ2n) is 7.24. The van der Waals surface area contributed by atoms with E-state index in [0.29, 0.717) is 38.1 Å². The van der Waals surface area contributed by atoms with Gasteiger partial charge in [-0.05, 0) is 33.3 Å². The molecule has 0 N–H and O–H groups in total. The van der Waals surface area contributed by atoms with Crippen molar-refractivity contribution in [3.63, 3.8) is 0 Å². The molecule has 1 aromatic carbocycles. The smallest absolute Gasteiger partial charge is 0.350 e. The third-order valence-corrected chi connectivity index (χ3v) is 6.38. The number of carbonyl (C=O) groups is 2. The number of aliphatic imine (C=N–C) groups is 1. The molecule has 2 heterocycles. The summed E-state index contributed by atoms with van der Waals surface area (Å²) in [6.45, 7) is 7.18. The fourth-order valence-corrected chi connectivity index (χ4v) is 4.93. The molecule has 0 aliphatic carbocycles. The maximum absolute atomic E-state index is 12.8. The Morgan fingerprint density at radius 2 is 1.97 bits per heavy atom. The van der Waals surface area contributed by atoms with Gasteiger partial charge < -0.3 is 9.47 Å². The highest BCUT2D eigenvalue weighted by Crippen LogP contribution is 2.46. The van der Waals surface area contributed by atoms with Gasteiger partial charge in [0, 0.05) is 35.0 Å². The second-order valence-corrected chi connectivity index (χ2v) is 8.24. The van der Waals surface area contributed by atoms with Crippen LogP contribution in [-0.4, -0.2) is 41.3 Å². The lowest BCUT2D eigenvalue weighted by molar-refractivity contribution is -0.384. The first kappa shape index (κ1) is 23.3. The molecule has 0 radical (unpaired) electrons. The van der Waals surface area contributed by atoms with Gasteiger partial charge in [0.2, 0.25) is 0 Å². The minimum absolute atomic E-state index is 0.0918. The Kier molecular flexibility index (Phi) is 6.83. The molecule has 9 nitrogen and oxygen atoms in total. The second kappa shape index (κ2) is 9.39. The van der Waals surface area contributed by atoms with E-state index in [4.69, 9.17) is 9.47 Å². The minimum Gasteiger partial charge on any atom is -0.468 e.